The van der Waals surface area contributed by atoms with Crippen LogP contribution in [0.1, 0.15) is 43.1 Å². The number of fused-ring (bicyclic) bond motifs is 1. The summed E-state index contributed by atoms with van der Waals surface area (Å²) in [6.07, 6.45) is 0.965. The van der Waals surface area contributed by atoms with Crippen LogP contribution in [0, 0.1) is 0 Å². The lowest BCUT2D eigenvalue weighted by Gasteiger charge is -2.32. The molecule has 17 heavy (non-hydrogen) atoms. The maximum Gasteiger partial charge on any atom is 0.338 e. The summed E-state index contributed by atoms with van der Waals surface area (Å²) in [5.41, 5.74) is 1.74. The molecule has 0 radical (unpaired) electrons. The summed E-state index contributed by atoms with van der Waals surface area (Å²) in [6.45, 7) is 7.28. The van der Waals surface area contributed by atoms with Crippen molar-refractivity contribution in [1.82, 2.24) is 0 Å². The van der Waals surface area contributed by atoms with Crippen LogP contribution in [0.4, 0.5) is 0 Å². The third-order valence-corrected chi connectivity index (χ3v) is 3.20. The van der Waals surface area contributed by atoms with Gasteiger partial charge in [-0.15, -0.1) is 0 Å². The fraction of sp³-hybridized carbons (Fsp3) is 0.500. The number of hydrogen-bond acceptors (Lipinski definition) is 3. The Hall–Kier alpha value is -1.51. The van der Waals surface area contributed by atoms with Crippen molar-refractivity contribution in [2.24, 2.45) is 0 Å². The fourth-order valence-electron chi connectivity index (χ4n) is 2.08. The molecule has 1 aromatic carbocycles. The van der Waals surface area contributed by atoms with E-state index in [-0.39, 0.29) is 11.4 Å². The standard InChI is InChI=1S/C14H18O3/c1-4-16-13(15)10-5-6-12-11(9-10)14(2,3)7-8-17-12/h5-6,9H,4,7-8H2,1-3H3. The molecule has 2 rings (SSSR count). The monoisotopic (exact) mass is 234 g/mol. The summed E-state index contributed by atoms with van der Waals surface area (Å²) in [4.78, 5) is 11.7. The summed E-state index contributed by atoms with van der Waals surface area (Å²) < 4.78 is 10.6. The molecule has 0 aliphatic carbocycles. The van der Waals surface area contributed by atoms with Crippen molar-refractivity contribution in [3.8, 4) is 5.75 Å². The lowest BCUT2D eigenvalue weighted by Crippen LogP contribution is -2.27. The van der Waals surface area contributed by atoms with Crippen molar-refractivity contribution in [2.45, 2.75) is 32.6 Å². The van der Waals surface area contributed by atoms with E-state index in [1.54, 1.807) is 6.07 Å². The van der Waals surface area contributed by atoms with Gasteiger partial charge >= 0.3 is 5.97 Å². The summed E-state index contributed by atoms with van der Waals surface area (Å²) >= 11 is 0. The first kappa shape index (κ1) is 12.0. The smallest absolute Gasteiger partial charge is 0.338 e. The van der Waals surface area contributed by atoms with Crippen LogP contribution in [0.25, 0.3) is 0 Å². The Labute approximate surface area is 102 Å². The van der Waals surface area contributed by atoms with Gasteiger partial charge in [0.15, 0.2) is 0 Å². The van der Waals surface area contributed by atoms with Crippen LogP contribution in [0.15, 0.2) is 18.2 Å². The second-order valence-electron chi connectivity index (χ2n) is 4.91. The summed E-state index contributed by atoms with van der Waals surface area (Å²) in [5, 5.41) is 0. The van der Waals surface area contributed by atoms with E-state index in [9.17, 15) is 4.79 Å². The average Bonchev–Trinajstić information content (AvgIpc) is 2.29. The molecule has 0 bridgehead atoms. The molecule has 1 aromatic rings. The van der Waals surface area contributed by atoms with Crippen LogP contribution < -0.4 is 4.74 Å². The van der Waals surface area contributed by atoms with Crippen LogP contribution in [-0.2, 0) is 10.2 Å². The topological polar surface area (TPSA) is 35.5 Å². The van der Waals surface area contributed by atoms with Crippen molar-refractivity contribution in [3.05, 3.63) is 29.3 Å². The highest BCUT2D eigenvalue weighted by molar-refractivity contribution is 5.90. The Morgan fingerprint density at radius 3 is 2.94 bits per heavy atom. The molecule has 1 aliphatic heterocycles. The first-order valence-corrected chi connectivity index (χ1v) is 5.99. The van der Waals surface area contributed by atoms with Crippen molar-refractivity contribution < 1.29 is 14.3 Å². The van der Waals surface area contributed by atoms with Crippen molar-refractivity contribution in [2.75, 3.05) is 13.2 Å². The van der Waals surface area contributed by atoms with E-state index in [4.69, 9.17) is 9.47 Å². The van der Waals surface area contributed by atoms with Gasteiger partial charge in [-0.1, -0.05) is 13.8 Å². The Bertz CT molecular complexity index is 435. The zero-order valence-electron chi connectivity index (χ0n) is 10.6. The van der Waals surface area contributed by atoms with Gasteiger partial charge in [-0.3, -0.25) is 0 Å². The van der Waals surface area contributed by atoms with Gasteiger partial charge < -0.3 is 9.47 Å². The second-order valence-corrected chi connectivity index (χ2v) is 4.91. The highest BCUT2D eigenvalue weighted by Crippen LogP contribution is 2.38. The van der Waals surface area contributed by atoms with E-state index < -0.39 is 0 Å². The van der Waals surface area contributed by atoms with Gasteiger partial charge in [-0.05, 0) is 37.0 Å². The molecule has 0 aromatic heterocycles. The number of rotatable bonds is 2. The first-order valence-electron chi connectivity index (χ1n) is 5.99. The van der Waals surface area contributed by atoms with Gasteiger partial charge in [0.1, 0.15) is 5.75 Å². The summed E-state index contributed by atoms with van der Waals surface area (Å²) in [7, 11) is 0. The molecule has 92 valence electrons. The van der Waals surface area contributed by atoms with E-state index in [0.29, 0.717) is 12.2 Å². The Morgan fingerprint density at radius 2 is 2.24 bits per heavy atom. The largest absolute Gasteiger partial charge is 0.493 e. The number of carbonyl (C=O) groups is 1. The molecule has 0 amide bonds. The van der Waals surface area contributed by atoms with Crippen LogP contribution >= 0.6 is 0 Å². The zero-order chi connectivity index (χ0) is 12.5. The molecule has 1 aliphatic rings. The van der Waals surface area contributed by atoms with Crippen LogP contribution in [0.2, 0.25) is 0 Å². The van der Waals surface area contributed by atoms with E-state index in [0.717, 1.165) is 24.3 Å². The number of carbonyl (C=O) groups excluding carboxylic acids is 1. The quantitative estimate of drug-likeness (QED) is 0.738. The van der Waals surface area contributed by atoms with Gasteiger partial charge in [0.25, 0.3) is 0 Å². The van der Waals surface area contributed by atoms with Crippen LogP contribution in [0.5, 0.6) is 5.75 Å². The van der Waals surface area contributed by atoms with Gasteiger partial charge in [0.05, 0.1) is 18.8 Å². The molecule has 0 fully saturated rings. The third kappa shape index (κ3) is 2.28. The predicted molar refractivity (Wildman–Crippen MR) is 65.5 cm³/mol. The highest BCUT2D eigenvalue weighted by Gasteiger charge is 2.29. The fourth-order valence-corrected chi connectivity index (χ4v) is 2.08. The Morgan fingerprint density at radius 1 is 1.47 bits per heavy atom. The van der Waals surface area contributed by atoms with E-state index in [2.05, 4.69) is 13.8 Å². The molecule has 0 spiro atoms. The van der Waals surface area contributed by atoms with Crippen molar-refractivity contribution in [1.29, 1.82) is 0 Å². The summed E-state index contributed by atoms with van der Waals surface area (Å²) in [5.74, 6) is 0.617. The molecule has 0 saturated heterocycles. The Balaban J connectivity index is 2.38. The zero-order valence-corrected chi connectivity index (χ0v) is 10.6. The minimum Gasteiger partial charge on any atom is -0.493 e. The number of hydrogen-bond donors (Lipinski definition) is 0. The molecule has 0 N–H and O–H groups in total. The maximum atomic E-state index is 11.7. The van der Waals surface area contributed by atoms with Gasteiger partial charge in [-0.2, -0.15) is 0 Å². The molecule has 1 heterocycles. The number of ether oxygens (including phenoxy) is 2. The van der Waals surface area contributed by atoms with Gasteiger partial charge in [-0.25, -0.2) is 4.79 Å². The third-order valence-electron chi connectivity index (χ3n) is 3.20. The van der Waals surface area contributed by atoms with Crippen LogP contribution in [-0.4, -0.2) is 19.2 Å². The van der Waals surface area contributed by atoms with Crippen molar-refractivity contribution in [3.63, 3.8) is 0 Å². The molecule has 0 unspecified atom stereocenters. The molecular weight excluding hydrogens is 216 g/mol. The number of esters is 1. The van der Waals surface area contributed by atoms with Gasteiger partial charge in [0, 0.05) is 5.56 Å². The molecular formula is C14H18O3. The van der Waals surface area contributed by atoms with Crippen molar-refractivity contribution >= 4 is 5.97 Å². The second kappa shape index (κ2) is 4.40. The Kier molecular flexibility index (Phi) is 3.09. The SMILES string of the molecule is CCOC(=O)c1ccc2c(c1)C(C)(C)CCO2. The van der Waals surface area contributed by atoms with E-state index in [1.807, 2.05) is 19.1 Å². The first-order chi connectivity index (χ1) is 8.04. The lowest BCUT2D eigenvalue weighted by atomic mass is 9.79. The lowest BCUT2D eigenvalue weighted by molar-refractivity contribution is 0.0526. The van der Waals surface area contributed by atoms with E-state index in [1.165, 1.54) is 0 Å². The summed E-state index contributed by atoms with van der Waals surface area (Å²) in [6, 6.07) is 5.52. The average molecular weight is 234 g/mol. The molecule has 0 atom stereocenters. The van der Waals surface area contributed by atoms with Gasteiger partial charge in [0.2, 0.25) is 0 Å². The maximum absolute atomic E-state index is 11.7. The molecule has 3 nitrogen and oxygen atoms in total. The van der Waals surface area contributed by atoms with Crippen LogP contribution in [0.3, 0.4) is 0 Å². The molecule has 0 saturated carbocycles. The normalized spacial score (nSPS) is 16.9. The minimum absolute atomic E-state index is 0.0517. The number of benzene rings is 1. The predicted octanol–water partition coefficient (Wildman–Crippen LogP) is 2.92. The highest BCUT2D eigenvalue weighted by atomic mass is 16.5. The molecule has 3 heteroatoms. The minimum atomic E-state index is -0.267. The van der Waals surface area contributed by atoms with E-state index >= 15 is 0 Å².